The Morgan fingerprint density at radius 2 is 1.62 bits per heavy atom. The first kappa shape index (κ1) is 56.6. The van der Waals surface area contributed by atoms with E-state index in [1.54, 1.807) is 19.3 Å². The van der Waals surface area contributed by atoms with Crippen LogP contribution in [0.4, 0.5) is 0 Å². The summed E-state index contributed by atoms with van der Waals surface area (Å²) >= 11 is 0. The molecule has 14 nitrogen and oxygen atoms in total. The normalized spacial score (nSPS) is 22.9. The van der Waals surface area contributed by atoms with Crippen LogP contribution in [-0.4, -0.2) is 133 Å². The highest BCUT2D eigenvalue weighted by Crippen LogP contribution is 2.63. The Morgan fingerprint density at radius 3 is 2.21 bits per heavy atom. The van der Waals surface area contributed by atoms with Crippen LogP contribution >= 0.6 is 0 Å². The van der Waals surface area contributed by atoms with Crippen LogP contribution in [0.3, 0.4) is 0 Å². The molecule has 2 aliphatic heterocycles. The number of Topliss-reactive ketones (excluding diaryl/α,β-unsaturated/α-hetero) is 2. The number of benzene rings is 1. The molecule has 1 aliphatic carbocycles. The number of amides is 3. The van der Waals surface area contributed by atoms with Crippen LogP contribution in [0.15, 0.2) is 42.0 Å². The zero-order chi connectivity index (χ0) is 50.3. The second-order valence-electron chi connectivity index (χ2n) is 20.8. The van der Waals surface area contributed by atoms with Crippen molar-refractivity contribution in [3.63, 3.8) is 0 Å². The summed E-state index contributed by atoms with van der Waals surface area (Å²) in [4.78, 5) is 90.8. The molecular formula is C54H86N4O10. The third-order valence-electron chi connectivity index (χ3n) is 15.2. The summed E-state index contributed by atoms with van der Waals surface area (Å²) in [5.41, 5.74) is 1.51. The number of ether oxygens (including phenoxy) is 2. The lowest BCUT2D eigenvalue weighted by molar-refractivity contribution is -0.203. The quantitative estimate of drug-likeness (QED) is 0.0745. The average molecular weight is 951 g/mol. The number of carbonyl (C=O) groups is 6. The monoisotopic (exact) mass is 951 g/mol. The van der Waals surface area contributed by atoms with Gasteiger partial charge in [0.2, 0.25) is 11.8 Å². The first-order valence-corrected chi connectivity index (χ1v) is 25.7. The minimum Gasteiger partial charge on any atom is -0.481 e. The lowest BCUT2D eigenvalue weighted by Crippen LogP contribution is -2.55. The fourth-order valence-corrected chi connectivity index (χ4v) is 10.8. The van der Waals surface area contributed by atoms with Crippen molar-refractivity contribution in [2.45, 2.75) is 175 Å². The summed E-state index contributed by atoms with van der Waals surface area (Å²) < 4.78 is 12.1. The van der Waals surface area contributed by atoms with Gasteiger partial charge in [0.1, 0.15) is 5.78 Å². The van der Waals surface area contributed by atoms with Gasteiger partial charge in [-0.1, -0.05) is 91.8 Å². The standard InChI is InChI=1S/C54H86N4O10/c1-12-37(6)41(27-26-38(7)50(63)48(35(2)3)55-52(64)49(36(4)5)56(9)29-20-25-47(61)62)45(66-10)33-46(60)57-30-19-23-43(57)51(67-11)39(8)44(59)24-18-28-54(53(65)58-31-16-17-32-68-58)34-42(54)40-21-14-13-15-22-40/h13-15,21-22,27,35-39,42-43,45,48-49,51H,12,16-20,23-26,28-34H2,1-11H3,(H,55,64)(H,61,62). The van der Waals surface area contributed by atoms with Crippen LogP contribution in [0.25, 0.3) is 0 Å². The number of nitrogens with one attached hydrogen (secondary N) is 1. The van der Waals surface area contributed by atoms with E-state index in [0.29, 0.717) is 64.8 Å². The number of carboxylic acids is 1. The van der Waals surface area contributed by atoms with E-state index in [-0.39, 0.29) is 71.8 Å². The fraction of sp³-hybridized carbons (Fsp3) is 0.741. The van der Waals surface area contributed by atoms with Crippen molar-refractivity contribution in [1.82, 2.24) is 20.2 Å². The van der Waals surface area contributed by atoms with Crippen molar-refractivity contribution in [2.24, 2.45) is 35.0 Å². The molecule has 10 unspecified atom stereocenters. The van der Waals surface area contributed by atoms with E-state index in [9.17, 15) is 28.8 Å². The van der Waals surface area contributed by atoms with Crippen molar-refractivity contribution in [3.8, 4) is 0 Å². The van der Waals surface area contributed by atoms with Gasteiger partial charge in [0, 0.05) is 52.0 Å². The van der Waals surface area contributed by atoms with Gasteiger partial charge in [0.05, 0.1) is 48.8 Å². The fourth-order valence-electron chi connectivity index (χ4n) is 10.8. The van der Waals surface area contributed by atoms with Crippen molar-refractivity contribution < 1.29 is 48.2 Å². The Bertz CT molecular complexity index is 1850. The number of likely N-dealkylation sites (tertiary alicyclic amines) is 1. The summed E-state index contributed by atoms with van der Waals surface area (Å²) in [5, 5.41) is 13.7. The van der Waals surface area contributed by atoms with Crippen LogP contribution in [0.2, 0.25) is 0 Å². The zero-order valence-corrected chi connectivity index (χ0v) is 43.3. The topological polar surface area (TPSA) is 172 Å². The molecule has 3 amide bonds. The third kappa shape index (κ3) is 14.8. The van der Waals surface area contributed by atoms with Gasteiger partial charge in [-0.3, -0.25) is 38.5 Å². The molecule has 1 aromatic carbocycles. The van der Waals surface area contributed by atoms with Crippen LogP contribution in [-0.2, 0) is 43.1 Å². The van der Waals surface area contributed by atoms with Gasteiger partial charge in [-0.05, 0) is 113 Å². The Labute approximate surface area is 407 Å². The molecule has 68 heavy (non-hydrogen) atoms. The van der Waals surface area contributed by atoms with E-state index in [2.05, 4.69) is 31.3 Å². The van der Waals surface area contributed by atoms with Gasteiger partial charge in [0.25, 0.3) is 5.91 Å². The Kier molecular flexibility index (Phi) is 22.3. The van der Waals surface area contributed by atoms with E-state index in [4.69, 9.17) is 19.4 Å². The van der Waals surface area contributed by atoms with Gasteiger partial charge in [0.15, 0.2) is 5.78 Å². The predicted octanol–water partition coefficient (Wildman–Crippen LogP) is 8.03. The largest absolute Gasteiger partial charge is 0.481 e. The van der Waals surface area contributed by atoms with Crippen molar-refractivity contribution in [1.29, 1.82) is 0 Å². The number of likely N-dealkylation sites (N-methyl/N-ethyl adjacent to an activating group) is 1. The van der Waals surface area contributed by atoms with Gasteiger partial charge in [-0.25, -0.2) is 5.06 Å². The Hall–Kier alpha value is -3.98. The number of methoxy groups -OCH3 is 2. The van der Waals surface area contributed by atoms with Crippen molar-refractivity contribution in [2.75, 3.05) is 47.5 Å². The Morgan fingerprint density at radius 1 is 0.912 bits per heavy atom. The minimum absolute atomic E-state index is 0.0143. The molecule has 2 heterocycles. The van der Waals surface area contributed by atoms with Gasteiger partial charge in [-0.15, -0.1) is 0 Å². The van der Waals surface area contributed by atoms with E-state index < -0.39 is 47.5 Å². The summed E-state index contributed by atoms with van der Waals surface area (Å²) in [7, 11) is 5.03. The van der Waals surface area contributed by atoms with Gasteiger partial charge < -0.3 is 24.8 Å². The number of aliphatic carboxylic acids is 1. The van der Waals surface area contributed by atoms with Crippen LogP contribution in [0.5, 0.6) is 0 Å². The smallest absolute Gasteiger partial charge is 0.303 e. The first-order chi connectivity index (χ1) is 32.3. The molecule has 2 N–H and O–H groups in total. The van der Waals surface area contributed by atoms with Crippen molar-refractivity contribution >= 4 is 35.3 Å². The number of hydrogen-bond donors (Lipinski definition) is 2. The molecule has 0 radical (unpaired) electrons. The van der Waals surface area contributed by atoms with Crippen LogP contribution in [0.1, 0.15) is 150 Å². The molecule has 382 valence electrons. The van der Waals surface area contributed by atoms with E-state index in [1.165, 1.54) is 0 Å². The number of hydroxylamine groups is 2. The lowest BCUT2D eigenvalue weighted by atomic mass is 9.86. The molecule has 2 saturated heterocycles. The molecule has 14 heteroatoms. The maximum Gasteiger partial charge on any atom is 0.303 e. The molecule has 4 rings (SSSR count). The number of rotatable bonds is 29. The van der Waals surface area contributed by atoms with Gasteiger partial charge in [-0.2, -0.15) is 0 Å². The molecule has 3 fully saturated rings. The highest BCUT2D eigenvalue weighted by atomic mass is 16.7. The number of carbonyl (C=O) groups excluding carboxylic acids is 5. The maximum absolute atomic E-state index is 14.3. The maximum atomic E-state index is 14.3. The number of allylic oxidation sites excluding steroid dienone is 1. The summed E-state index contributed by atoms with van der Waals surface area (Å²) in [5.74, 6) is -2.17. The molecule has 0 bridgehead atoms. The van der Waals surface area contributed by atoms with Crippen molar-refractivity contribution in [3.05, 3.63) is 47.5 Å². The highest BCUT2D eigenvalue weighted by Gasteiger charge is 2.61. The lowest BCUT2D eigenvalue weighted by Gasteiger charge is -2.35. The predicted molar refractivity (Wildman–Crippen MR) is 263 cm³/mol. The molecule has 1 saturated carbocycles. The minimum atomic E-state index is -0.879. The summed E-state index contributed by atoms with van der Waals surface area (Å²) in [6.45, 7) is 17.8. The second kappa shape index (κ2) is 26.8. The molecule has 0 spiro atoms. The third-order valence-corrected chi connectivity index (χ3v) is 15.2. The van der Waals surface area contributed by atoms with E-state index >= 15 is 0 Å². The molecule has 10 atom stereocenters. The van der Waals surface area contributed by atoms with Gasteiger partial charge >= 0.3 is 5.97 Å². The zero-order valence-electron chi connectivity index (χ0n) is 43.3. The number of nitrogens with zero attached hydrogens (tertiary/aromatic N) is 3. The second-order valence-corrected chi connectivity index (χ2v) is 20.8. The number of carboxylic acid groups (broad SMARTS) is 1. The molecule has 3 aliphatic rings. The molecular weight excluding hydrogens is 865 g/mol. The van der Waals surface area contributed by atoms with Crippen LogP contribution in [0, 0.1) is 35.0 Å². The van der Waals surface area contributed by atoms with E-state index in [1.807, 2.05) is 82.7 Å². The highest BCUT2D eigenvalue weighted by molar-refractivity contribution is 5.92. The summed E-state index contributed by atoms with van der Waals surface area (Å²) in [6, 6.07) is 8.62. The first-order valence-electron chi connectivity index (χ1n) is 25.7. The van der Waals surface area contributed by atoms with Crippen LogP contribution < -0.4 is 5.32 Å². The number of ketones is 2. The Balaban J connectivity index is 1.40. The molecule has 0 aromatic heterocycles. The summed E-state index contributed by atoms with van der Waals surface area (Å²) in [6.07, 6.45) is 8.33. The average Bonchev–Trinajstić information content (AvgIpc) is 3.86. The molecule has 1 aromatic rings. The SMILES string of the molecule is CCC(C)C(=CCC(C)C(=O)C(NC(=O)C(C(C)C)N(C)CCCC(=O)O)C(C)C)C(CC(=O)N1CCCC1C(OC)C(C)C(=O)CCCC1(C(=O)N2CCCCO2)CC1c1ccccc1)OC. The van der Waals surface area contributed by atoms with E-state index in [0.717, 1.165) is 43.2 Å². The number of hydrogen-bond acceptors (Lipinski definition) is 10.